The molecule has 0 bridgehead atoms. The molecular formula is C60H36N8O2S2. The molecule has 0 unspecified atom stereocenters. The number of hydrogen-bond donors (Lipinski definition) is 0. The van der Waals surface area contributed by atoms with E-state index in [9.17, 15) is 0 Å². The van der Waals surface area contributed by atoms with Gasteiger partial charge in [-0.3, -0.25) is 0 Å². The van der Waals surface area contributed by atoms with Gasteiger partial charge in [-0.05, 0) is 91.6 Å². The summed E-state index contributed by atoms with van der Waals surface area (Å²) in [4.78, 5) is 37.5. The van der Waals surface area contributed by atoms with Gasteiger partial charge in [0.2, 0.25) is 11.8 Å². The molecule has 8 heterocycles. The Kier molecular flexibility index (Phi) is 11.0. The van der Waals surface area contributed by atoms with Gasteiger partial charge in [0.1, 0.15) is 33.9 Å². The largest absolute Gasteiger partial charge is 0.443 e. The molecule has 0 saturated carbocycles. The zero-order valence-corrected chi connectivity index (χ0v) is 39.6. The highest BCUT2D eigenvalue weighted by Gasteiger charge is 2.21. The zero-order valence-electron chi connectivity index (χ0n) is 38.0. The van der Waals surface area contributed by atoms with Crippen LogP contribution in [0.1, 0.15) is 0 Å². The predicted molar refractivity (Wildman–Crippen MR) is 289 cm³/mol. The van der Waals surface area contributed by atoms with Gasteiger partial charge in [-0.1, -0.05) is 121 Å². The summed E-state index contributed by atoms with van der Waals surface area (Å²) in [5.74, 6) is 0.990. The summed E-state index contributed by atoms with van der Waals surface area (Å²) in [7, 11) is 0. The highest BCUT2D eigenvalue weighted by atomic mass is 32.1. The molecule has 0 amide bonds. The minimum Gasteiger partial charge on any atom is -0.443 e. The molecule has 0 N–H and O–H groups in total. The van der Waals surface area contributed by atoms with Crippen molar-refractivity contribution in [3.05, 3.63) is 218 Å². The van der Waals surface area contributed by atoms with Gasteiger partial charge in [-0.2, -0.15) is 0 Å². The number of pyridine rings is 4. The van der Waals surface area contributed by atoms with Crippen LogP contribution in [0.3, 0.4) is 0 Å². The van der Waals surface area contributed by atoms with Crippen molar-refractivity contribution in [2.75, 3.05) is 0 Å². The Morgan fingerprint density at radius 3 is 0.806 bits per heavy atom. The van der Waals surface area contributed by atoms with Crippen molar-refractivity contribution >= 4 is 65.8 Å². The minimum absolute atomic E-state index is 0.495. The van der Waals surface area contributed by atoms with Crippen molar-refractivity contribution in [3.8, 4) is 89.6 Å². The third kappa shape index (κ3) is 7.77. The van der Waals surface area contributed by atoms with E-state index in [1.54, 1.807) is 47.6 Å². The smallest absolute Gasteiger partial charge is 0.245 e. The van der Waals surface area contributed by atoms with Crippen molar-refractivity contribution in [2.24, 2.45) is 0 Å². The molecule has 0 radical (unpaired) electrons. The molecule has 0 spiro atoms. The van der Waals surface area contributed by atoms with E-state index in [2.05, 4.69) is 141 Å². The fourth-order valence-corrected chi connectivity index (χ4v) is 10.7. The Morgan fingerprint density at radius 2 is 0.542 bits per heavy atom. The summed E-state index contributed by atoms with van der Waals surface area (Å²) < 4.78 is 11.0. The molecule has 12 heteroatoms. The molecule has 0 aliphatic heterocycles. The lowest BCUT2D eigenvalue weighted by atomic mass is 9.88. The fraction of sp³-hybridized carbons (Fsp3) is 0. The first-order chi connectivity index (χ1) is 35.7. The molecule has 14 rings (SSSR count). The summed E-state index contributed by atoms with van der Waals surface area (Å²) in [6.07, 6.45) is 10.0. The van der Waals surface area contributed by atoms with Gasteiger partial charge in [0, 0.05) is 45.4 Å². The zero-order chi connectivity index (χ0) is 47.8. The second-order valence-electron chi connectivity index (χ2n) is 16.7. The van der Waals surface area contributed by atoms with Crippen LogP contribution in [0.15, 0.2) is 227 Å². The van der Waals surface area contributed by atoms with Crippen molar-refractivity contribution in [2.45, 2.75) is 0 Å². The number of benzene rings is 6. The van der Waals surface area contributed by atoms with Crippen molar-refractivity contribution in [1.82, 2.24) is 39.9 Å². The quantitative estimate of drug-likeness (QED) is 0.136. The normalized spacial score (nSPS) is 11.3. The summed E-state index contributed by atoms with van der Waals surface area (Å²) in [5, 5.41) is 14.8. The molecular weight excluding hydrogens is 929 g/mol. The summed E-state index contributed by atoms with van der Waals surface area (Å²) in [6, 6.07) is 58.1. The Balaban J connectivity index is 0.000000140. The van der Waals surface area contributed by atoms with Crippen LogP contribution in [0.5, 0.6) is 0 Å². The van der Waals surface area contributed by atoms with Crippen LogP contribution in [-0.2, 0) is 0 Å². The van der Waals surface area contributed by atoms with Crippen LogP contribution < -0.4 is 0 Å². The molecule has 72 heavy (non-hydrogen) atoms. The predicted octanol–water partition coefficient (Wildman–Crippen LogP) is 15.8. The fourth-order valence-electron chi connectivity index (χ4n) is 9.53. The van der Waals surface area contributed by atoms with E-state index in [4.69, 9.17) is 28.8 Å². The van der Waals surface area contributed by atoms with Gasteiger partial charge in [0.25, 0.3) is 0 Å². The topological polar surface area (TPSA) is 129 Å². The number of fused-ring (bicyclic) bond motifs is 4. The number of nitrogens with zero attached hydrogens (tertiary/aromatic N) is 8. The molecule has 0 atom stereocenters. The highest BCUT2D eigenvalue weighted by Crippen LogP contribution is 2.45. The SMILES string of the molecule is c1cc(-c2ncco2)nc(-c2c3ccccc3c(-c3cccc(-c4ncco4)n3)c3ccccc23)c1.c1cc(-c2nccs2)nc(-c2c3ccccc3c(-c3cccc(-c4nccs4)n3)c3ccccc23)c1. The Morgan fingerprint density at radius 1 is 0.264 bits per heavy atom. The third-order valence-electron chi connectivity index (χ3n) is 12.5. The van der Waals surface area contributed by atoms with E-state index in [0.717, 1.165) is 110 Å². The van der Waals surface area contributed by atoms with Gasteiger partial charge in [-0.25, -0.2) is 39.9 Å². The Hall–Kier alpha value is -9.36. The van der Waals surface area contributed by atoms with Crippen molar-refractivity contribution in [3.63, 3.8) is 0 Å². The molecule has 0 fully saturated rings. The van der Waals surface area contributed by atoms with E-state index in [1.165, 1.54) is 0 Å². The van der Waals surface area contributed by atoms with Gasteiger partial charge >= 0.3 is 0 Å². The number of thiazole rings is 2. The summed E-state index contributed by atoms with van der Waals surface area (Å²) in [5.41, 5.74) is 11.1. The standard InChI is InChI=1S/C30H18N4O2.C30H18N4S2/c2*1-2-8-20-19(7-1)27(23-11-5-13-25(33-23)29-31-15-17-35-29)21-9-3-4-10-22(21)28(20)24-12-6-14-26(34-24)30-32-16-18-36-30/h2*1-18H. The molecule has 8 aromatic heterocycles. The minimum atomic E-state index is 0.495. The van der Waals surface area contributed by atoms with E-state index in [-0.39, 0.29) is 0 Å². The van der Waals surface area contributed by atoms with Crippen LogP contribution in [0.25, 0.3) is 133 Å². The van der Waals surface area contributed by atoms with Gasteiger partial charge < -0.3 is 8.83 Å². The van der Waals surface area contributed by atoms with Crippen LogP contribution in [-0.4, -0.2) is 39.9 Å². The third-order valence-corrected chi connectivity index (χ3v) is 14.1. The molecule has 0 aliphatic carbocycles. The van der Waals surface area contributed by atoms with Gasteiger partial charge in [0.15, 0.2) is 0 Å². The number of aromatic nitrogens is 8. The first kappa shape index (κ1) is 42.7. The monoisotopic (exact) mass is 964 g/mol. The van der Waals surface area contributed by atoms with Crippen LogP contribution >= 0.6 is 22.7 Å². The summed E-state index contributed by atoms with van der Waals surface area (Å²) >= 11 is 3.20. The average Bonchev–Trinajstić information content (AvgIpc) is 4.32. The number of hydrogen-bond acceptors (Lipinski definition) is 12. The van der Waals surface area contributed by atoms with Crippen LogP contribution in [0.4, 0.5) is 0 Å². The lowest BCUT2D eigenvalue weighted by Gasteiger charge is -2.17. The highest BCUT2D eigenvalue weighted by molar-refractivity contribution is 7.13. The Bertz CT molecular complexity index is 3580. The van der Waals surface area contributed by atoms with Gasteiger partial charge in [0.05, 0.1) is 46.6 Å². The molecule has 10 nitrogen and oxygen atoms in total. The second kappa shape index (κ2) is 18.5. The van der Waals surface area contributed by atoms with E-state index in [0.29, 0.717) is 23.2 Å². The van der Waals surface area contributed by atoms with E-state index >= 15 is 0 Å². The molecule has 14 aromatic rings. The molecule has 0 saturated heterocycles. The first-order valence-electron chi connectivity index (χ1n) is 23.1. The van der Waals surface area contributed by atoms with Gasteiger partial charge in [-0.15, -0.1) is 22.7 Å². The second-order valence-corrected chi connectivity index (χ2v) is 18.5. The van der Waals surface area contributed by atoms with Crippen molar-refractivity contribution < 1.29 is 8.83 Å². The Labute approximate surface area is 419 Å². The maximum atomic E-state index is 5.51. The van der Waals surface area contributed by atoms with Crippen LogP contribution in [0.2, 0.25) is 0 Å². The molecule has 6 aromatic carbocycles. The first-order valence-corrected chi connectivity index (χ1v) is 24.9. The lowest BCUT2D eigenvalue weighted by molar-refractivity contribution is 0.572. The average molecular weight is 965 g/mol. The molecule has 340 valence electrons. The number of oxazole rings is 2. The summed E-state index contributed by atoms with van der Waals surface area (Å²) in [6.45, 7) is 0. The van der Waals surface area contributed by atoms with Crippen molar-refractivity contribution in [1.29, 1.82) is 0 Å². The van der Waals surface area contributed by atoms with Crippen LogP contribution in [0, 0.1) is 0 Å². The van der Waals surface area contributed by atoms with E-state index in [1.807, 2.05) is 71.7 Å². The lowest BCUT2D eigenvalue weighted by Crippen LogP contribution is -1.95. The van der Waals surface area contributed by atoms with E-state index < -0.39 is 0 Å². The maximum Gasteiger partial charge on any atom is 0.245 e. The number of rotatable bonds is 8. The maximum absolute atomic E-state index is 5.51. The molecule has 0 aliphatic rings.